The van der Waals surface area contributed by atoms with Crippen LogP contribution in [-0.4, -0.2) is 24.7 Å². The van der Waals surface area contributed by atoms with Gasteiger partial charge in [0.15, 0.2) is 0 Å². The first-order chi connectivity index (χ1) is 5.87. The molecule has 0 spiro atoms. The number of rotatable bonds is 5. The van der Waals surface area contributed by atoms with Crippen LogP contribution in [0.25, 0.3) is 0 Å². The van der Waals surface area contributed by atoms with Gasteiger partial charge in [-0.2, -0.15) is 13.2 Å². The molecule has 1 amide bonds. The summed E-state index contributed by atoms with van der Waals surface area (Å²) in [6.45, 7) is 1.40. The monoisotopic (exact) mass is 198 g/mol. The van der Waals surface area contributed by atoms with Gasteiger partial charge in [0, 0.05) is 6.54 Å². The number of halogens is 3. The Morgan fingerprint density at radius 2 is 2.08 bits per heavy atom. The lowest BCUT2D eigenvalue weighted by Crippen LogP contribution is -2.41. The number of nitrogens with one attached hydrogen (secondary N) is 1. The molecule has 3 nitrogen and oxygen atoms in total. The van der Waals surface area contributed by atoms with E-state index >= 15 is 0 Å². The van der Waals surface area contributed by atoms with Crippen LogP contribution in [0, 0.1) is 0 Å². The van der Waals surface area contributed by atoms with E-state index in [1.54, 1.807) is 6.92 Å². The van der Waals surface area contributed by atoms with Gasteiger partial charge in [0.25, 0.3) is 0 Å². The number of nitrogens with two attached hydrogens (primary N) is 1. The van der Waals surface area contributed by atoms with Crippen molar-refractivity contribution in [3.05, 3.63) is 0 Å². The zero-order valence-corrected chi connectivity index (χ0v) is 7.32. The van der Waals surface area contributed by atoms with Crippen LogP contribution in [0.1, 0.15) is 19.8 Å². The highest BCUT2D eigenvalue weighted by Crippen LogP contribution is 2.18. The van der Waals surface area contributed by atoms with Gasteiger partial charge in [-0.15, -0.1) is 0 Å². The Hall–Kier alpha value is -0.780. The van der Waals surface area contributed by atoms with E-state index in [1.807, 2.05) is 0 Å². The molecule has 0 fully saturated rings. The van der Waals surface area contributed by atoms with Crippen LogP contribution in [0.15, 0.2) is 0 Å². The second-order valence-electron chi connectivity index (χ2n) is 2.68. The normalized spacial score (nSPS) is 14.2. The molecule has 0 rings (SSSR count). The smallest absolute Gasteiger partial charge is 0.368 e. The first-order valence-electron chi connectivity index (χ1n) is 3.96. The average molecular weight is 198 g/mol. The number of hydrogen-bond acceptors (Lipinski definition) is 2. The van der Waals surface area contributed by atoms with Gasteiger partial charge in [-0.3, -0.25) is 4.79 Å². The minimum Gasteiger partial charge on any atom is -0.368 e. The zero-order valence-electron chi connectivity index (χ0n) is 7.32. The maximum absolute atomic E-state index is 11.7. The fourth-order valence-corrected chi connectivity index (χ4v) is 0.834. The second-order valence-corrected chi connectivity index (χ2v) is 2.68. The van der Waals surface area contributed by atoms with Gasteiger partial charge in [0.2, 0.25) is 5.91 Å². The molecule has 1 atom stereocenters. The minimum absolute atomic E-state index is 0.273. The molecule has 0 aromatic carbocycles. The molecule has 6 heteroatoms. The molecular formula is C7H13F3N2O. The first-order valence-corrected chi connectivity index (χ1v) is 3.96. The quantitative estimate of drug-likeness (QED) is 0.686. The highest BCUT2D eigenvalue weighted by atomic mass is 19.4. The molecule has 3 N–H and O–H groups in total. The molecule has 0 bridgehead atoms. The molecule has 78 valence electrons. The third-order valence-corrected chi connectivity index (χ3v) is 1.55. The Kier molecular flexibility index (Phi) is 4.76. The van der Waals surface area contributed by atoms with Crippen LogP contribution in [0.5, 0.6) is 0 Å². The predicted molar refractivity (Wildman–Crippen MR) is 41.9 cm³/mol. The Bertz CT molecular complexity index is 170. The molecule has 0 saturated heterocycles. The van der Waals surface area contributed by atoms with Crippen LogP contribution in [0.4, 0.5) is 13.2 Å². The number of hydrogen-bond donors (Lipinski definition) is 2. The van der Waals surface area contributed by atoms with E-state index in [0.29, 0.717) is 6.42 Å². The molecule has 0 aromatic rings. The van der Waals surface area contributed by atoms with E-state index in [9.17, 15) is 18.0 Å². The summed E-state index contributed by atoms with van der Waals surface area (Å²) in [5, 5.41) is 2.43. The fourth-order valence-electron chi connectivity index (χ4n) is 0.834. The van der Waals surface area contributed by atoms with Crippen LogP contribution >= 0.6 is 0 Å². The highest BCUT2D eigenvalue weighted by molar-refractivity contribution is 5.79. The van der Waals surface area contributed by atoms with Gasteiger partial charge in [-0.25, -0.2) is 0 Å². The highest BCUT2D eigenvalue weighted by Gasteiger charge is 2.26. The summed E-state index contributed by atoms with van der Waals surface area (Å²) in [5.41, 5.74) is 4.91. The molecule has 13 heavy (non-hydrogen) atoms. The average Bonchev–Trinajstić information content (AvgIpc) is 1.95. The zero-order chi connectivity index (χ0) is 10.5. The lowest BCUT2D eigenvalue weighted by molar-refractivity contribution is -0.135. The molecule has 0 aliphatic carbocycles. The summed E-state index contributed by atoms with van der Waals surface area (Å²) < 4.78 is 35.0. The van der Waals surface area contributed by atoms with Crippen molar-refractivity contribution in [3.63, 3.8) is 0 Å². The Morgan fingerprint density at radius 1 is 1.54 bits per heavy atom. The predicted octanol–water partition coefficient (Wildman–Crippen LogP) is 0.792. The van der Waals surface area contributed by atoms with Crippen LogP contribution in [-0.2, 0) is 4.79 Å². The van der Waals surface area contributed by atoms with E-state index in [1.165, 1.54) is 0 Å². The largest absolute Gasteiger partial charge is 0.390 e. The molecule has 0 saturated carbocycles. The Labute approximate surface area is 74.5 Å². The minimum atomic E-state index is -4.19. The van der Waals surface area contributed by atoms with Gasteiger partial charge < -0.3 is 11.1 Å². The topological polar surface area (TPSA) is 55.1 Å². The summed E-state index contributed by atoms with van der Waals surface area (Å²) in [6, 6.07) is -0.664. The first kappa shape index (κ1) is 12.2. The van der Waals surface area contributed by atoms with Crippen molar-refractivity contribution >= 4 is 5.91 Å². The van der Waals surface area contributed by atoms with Gasteiger partial charge >= 0.3 is 6.18 Å². The summed E-state index contributed by atoms with van der Waals surface area (Å²) in [7, 11) is 0. The number of carbonyl (C=O) groups is 1. The fraction of sp³-hybridized carbons (Fsp3) is 0.857. The van der Waals surface area contributed by atoms with E-state index in [4.69, 9.17) is 5.73 Å². The van der Waals surface area contributed by atoms with Crippen molar-refractivity contribution in [2.75, 3.05) is 6.54 Å². The van der Waals surface area contributed by atoms with Crippen molar-refractivity contribution in [2.24, 2.45) is 5.73 Å². The van der Waals surface area contributed by atoms with Gasteiger partial charge in [-0.1, -0.05) is 6.92 Å². The third kappa shape index (κ3) is 6.39. The maximum atomic E-state index is 11.7. The van der Waals surface area contributed by atoms with Crippen molar-refractivity contribution in [2.45, 2.75) is 32.0 Å². The van der Waals surface area contributed by atoms with E-state index in [-0.39, 0.29) is 6.54 Å². The number of primary amides is 1. The van der Waals surface area contributed by atoms with Crippen molar-refractivity contribution < 1.29 is 18.0 Å². The van der Waals surface area contributed by atoms with E-state index < -0.39 is 24.5 Å². The Morgan fingerprint density at radius 3 is 2.38 bits per heavy atom. The standard InChI is InChI=1S/C7H13F3N2O/c1-2-5(6(11)13)12-4-3-7(8,9)10/h5,12H,2-4H2,1H3,(H2,11,13). The SMILES string of the molecule is CCC(NCCC(F)(F)F)C(N)=O. The molecule has 0 heterocycles. The Balaban J connectivity index is 3.68. The molecule has 0 aliphatic heterocycles. The van der Waals surface area contributed by atoms with Gasteiger partial charge in [0.1, 0.15) is 0 Å². The van der Waals surface area contributed by atoms with Crippen molar-refractivity contribution in [3.8, 4) is 0 Å². The lowest BCUT2D eigenvalue weighted by Gasteiger charge is -2.13. The molecule has 0 aliphatic rings. The van der Waals surface area contributed by atoms with E-state index in [0.717, 1.165) is 0 Å². The van der Waals surface area contributed by atoms with E-state index in [2.05, 4.69) is 5.32 Å². The molecular weight excluding hydrogens is 185 g/mol. The molecule has 0 aromatic heterocycles. The number of alkyl halides is 3. The lowest BCUT2D eigenvalue weighted by atomic mass is 10.2. The van der Waals surface area contributed by atoms with Gasteiger partial charge in [0.05, 0.1) is 12.5 Å². The summed E-state index contributed by atoms with van der Waals surface area (Å²) in [4.78, 5) is 10.6. The maximum Gasteiger partial charge on any atom is 0.390 e. The molecule has 1 unspecified atom stereocenters. The summed E-state index contributed by atoms with van der Waals surface area (Å²) >= 11 is 0. The second kappa shape index (κ2) is 5.06. The van der Waals surface area contributed by atoms with Crippen molar-refractivity contribution in [1.29, 1.82) is 0 Å². The summed E-state index contributed by atoms with van der Waals surface area (Å²) in [6.07, 6.45) is -4.74. The molecule has 0 radical (unpaired) electrons. The van der Waals surface area contributed by atoms with Crippen LogP contribution < -0.4 is 11.1 Å². The number of carbonyl (C=O) groups excluding carboxylic acids is 1. The van der Waals surface area contributed by atoms with Gasteiger partial charge in [-0.05, 0) is 6.42 Å². The van der Waals surface area contributed by atoms with Crippen molar-refractivity contribution in [1.82, 2.24) is 5.32 Å². The van der Waals surface area contributed by atoms with Crippen LogP contribution in [0.2, 0.25) is 0 Å². The summed E-state index contributed by atoms with van der Waals surface area (Å²) in [5.74, 6) is -0.621. The van der Waals surface area contributed by atoms with Crippen LogP contribution in [0.3, 0.4) is 0 Å². The number of amides is 1. The third-order valence-electron chi connectivity index (χ3n) is 1.55.